The molecule has 0 aliphatic carbocycles. The van der Waals surface area contributed by atoms with Crippen molar-refractivity contribution >= 4 is 33.2 Å². The Kier molecular flexibility index (Phi) is 5.34. The van der Waals surface area contributed by atoms with E-state index in [2.05, 4.69) is 21.2 Å². The van der Waals surface area contributed by atoms with Crippen molar-refractivity contribution in [2.45, 2.75) is 26.1 Å². The molecule has 0 saturated heterocycles. The standard InChI is InChI=1S/C12H14BrClF3N/c1-7(6-14)8(2)18-11-4-3-9(5-10(11)13)12(15,16)17/h3-5,7-8,18H,6H2,1-2H3. The van der Waals surface area contributed by atoms with Gasteiger partial charge < -0.3 is 5.32 Å². The molecule has 1 rings (SSSR count). The van der Waals surface area contributed by atoms with Crippen LogP contribution in [0.2, 0.25) is 0 Å². The Bertz CT molecular complexity index is 409. The lowest BCUT2D eigenvalue weighted by molar-refractivity contribution is -0.137. The monoisotopic (exact) mass is 343 g/mol. The first-order chi connectivity index (χ1) is 8.25. The van der Waals surface area contributed by atoms with Crippen molar-refractivity contribution in [3.8, 4) is 0 Å². The predicted octanol–water partition coefficient (Wildman–Crippen LogP) is 5.14. The maximum Gasteiger partial charge on any atom is 0.416 e. The Balaban J connectivity index is 2.87. The predicted molar refractivity (Wildman–Crippen MR) is 72.1 cm³/mol. The molecule has 6 heteroatoms. The van der Waals surface area contributed by atoms with Gasteiger partial charge in [0.15, 0.2) is 0 Å². The highest BCUT2D eigenvalue weighted by atomic mass is 79.9. The molecule has 0 spiro atoms. The van der Waals surface area contributed by atoms with Crippen LogP contribution in [0.4, 0.5) is 18.9 Å². The van der Waals surface area contributed by atoms with Crippen molar-refractivity contribution in [2.75, 3.05) is 11.2 Å². The molecule has 1 N–H and O–H groups in total. The van der Waals surface area contributed by atoms with Gasteiger partial charge in [0.1, 0.15) is 0 Å². The number of anilines is 1. The van der Waals surface area contributed by atoms with Gasteiger partial charge in [-0.2, -0.15) is 13.2 Å². The lowest BCUT2D eigenvalue weighted by Gasteiger charge is -2.21. The third kappa shape index (κ3) is 4.05. The third-order valence-electron chi connectivity index (χ3n) is 2.78. The van der Waals surface area contributed by atoms with Crippen LogP contribution in [-0.2, 0) is 6.18 Å². The fraction of sp³-hybridized carbons (Fsp3) is 0.500. The van der Waals surface area contributed by atoms with E-state index in [-0.39, 0.29) is 12.0 Å². The molecule has 1 nitrogen and oxygen atoms in total. The van der Waals surface area contributed by atoms with E-state index in [1.165, 1.54) is 6.07 Å². The average molecular weight is 345 g/mol. The second-order valence-electron chi connectivity index (χ2n) is 4.26. The van der Waals surface area contributed by atoms with Gasteiger partial charge >= 0.3 is 6.18 Å². The van der Waals surface area contributed by atoms with Gasteiger partial charge in [-0.05, 0) is 47.0 Å². The maximum absolute atomic E-state index is 12.5. The average Bonchev–Trinajstić information content (AvgIpc) is 2.29. The molecule has 0 fully saturated rings. The van der Waals surface area contributed by atoms with Gasteiger partial charge in [-0.3, -0.25) is 0 Å². The van der Waals surface area contributed by atoms with Crippen molar-refractivity contribution in [1.82, 2.24) is 0 Å². The second-order valence-corrected chi connectivity index (χ2v) is 5.42. The van der Waals surface area contributed by atoms with Crippen LogP contribution in [0.25, 0.3) is 0 Å². The van der Waals surface area contributed by atoms with Gasteiger partial charge in [0.25, 0.3) is 0 Å². The van der Waals surface area contributed by atoms with Crippen molar-refractivity contribution in [1.29, 1.82) is 0 Å². The molecule has 0 aromatic heterocycles. The second kappa shape index (κ2) is 6.15. The van der Waals surface area contributed by atoms with Crippen LogP contribution in [0.1, 0.15) is 19.4 Å². The Morgan fingerprint density at radius 3 is 2.39 bits per heavy atom. The topological polar surface area (TPSA) is 12.0 Å². The molecule has 0 aliphatic heterocycles. The Morgan fingerprint density at radius 1 is 1.33 bits per heavy atom. The molecular formula is C12H14BrClF3N. The summed E-state index contributed by atoms with van der Waals surface area (Å²) < 4.78 is 37.9. The van der Waals surface area contributed by atoms with E-state index in [9.17, 15) is 13.2 Å². The van der Waals surface area contributed by atoms with E-state index >= 15 is 0 Å². The lowest BCUT2D eigenvalue weighted by atomic mass is 10.1. The van der Waals surface area contributed by atoms with E-state index in [0.717, 1.165) is 12.1 Å². The first kappa shape index (κ1) is 15.6. The number of nitrogens with one attached hydrogen (secondary N) is 1. The molecule has 2 atom stereocenters. The molecule has 0 amide bonds. The van der Waals surface area contributed by atoms with Gasteiger partial charge in [-0.1, -0.05) is 6.92 Å². The van der Waals surface area contributed by atoms with Gasteiger partial charge in [-0.25, -0.2) is 0 Å². The Labute approximate surface area is 118 Å². The number of benzene rings is 1. The first-order valence-electron chi connectivity index (χ1n) is 5.45. The number of alkyl halides is 4. The fourth-order valence-corrected chi connectivity index (χ4v) is 2.09. The Hall–Kier alpha value is -0.420. The van der Waals surface area contributed by atoms with Crippen LogP contribution >= 0.6 is 27.5 Å². The zero-order valence-corrected chi connectivity index (χ0v) is 12.3. The summed E-state index contributed by atoms with van der Waals surface area (Å²) in [5.41, 5.74) is -0.0366. The van der Waals surface area contributed by atoms with E-state index in [1.807, 2.05) is 13.8 Å². The van der Waals surface area contributed by atoms with Crippen LogP contribution in [0.5, 0.6) is 0 Å². The zero-order chi connectivity index (χ0) is 13.9. The van der Waals surface area contributed by atoms with Crippen LogP contribution in [0.15, 0.2) is 22.7 Å². The highest BCUT2D eigenvalue weighted by Crippen LogP contribution is 2.34. The molecule has 1 aromatic rings. The smallest absolute Gasteiger partial charge is 0.381 e. The highest BCUT2D eigenvalue weighted by molar-refractivity contribution is 9.10. The first-order valence-corrected chi connectivity index (χ1v) is 6.77. The fourth-order valence-electron chi connectivity index (χ4n) is 1.33. The van der Waals surface area contributed by atoms with Crippen molar-refractivity contribution < 1.29 is 13.2 Å². The number of halogens is 5. The van der Waals surface area contributed by atoms with Crippen LogP contribution in [0, 0.1) is 5.92 Å². The SMILES string of the molecule is CC(CCl)C(C)Nc1ccc(C(F)(F)F)cc1Br. The molecule has 18 heavy (non-hydrogen) atoms. The molecule has 1 aromatic carbocycles. The summed E-state index contributed by atoms with van der Waals surface area (Å²) in [5, 5.41) is 3.14. The quantitative estimate of drug-likeness (QED) is 0.745. The van der Waals surface area contributed by atoms with Gasteiger partial charge in [0.2, 0.25) is 0 Å². The van der Waals surface area contributed by atoms with E-state index in [0.29, 0.717) is 16.0 Å². The van der Waals surface area contributed by atoms with Crippen LogP contribution < -0.4 is 5.32 Å². The minimum Gasteiger partial charge on any atom is -0.381 e. The molecule has 2 unspecified atom stereocenters. The van der Waals surface area contributed by atoms with Crippen LogP contribution in [-0.4, -0.2) is 11.9 Å². The number of hydrogen-bond donors (Lipinski definition) is 1. The highest BCUT2D eigenvalue weighted by Gasteiger charge is 2.30. The molecule has 0 aliphatic rings. The molecule has 0 saturated carbocycles. The maximum atomic E-state index is 12.5. The Morgan fingerprint density at radius 2 is 1.94 bits per heavy atom. The van der Waals surface area contributed by atoms with Crippen LogP contribution in [0.3, 0.4) is 0 Å². The van der Waals surface area contributed by atoms with Crippen molar-refractivity contribution in [3.05, 3.63) is 28.2 Å². The molecule has 102 valence electrons. The number of rotatable bonds is 4. The summed E-state index contributed by atoms with van der Waals surface area (Å²) in [4.78, 5) is 0. The molecule has 0 bridgehead atoms. The number of hydrogen-bond acceptors (Lipinski definition) is 1. The van der Waals surface area contributed by atoms with Gasteiger partial charge in [0.05, 0.1) is 5.56 Å². The largest absolute Gasteiger partial charge is 0.416 e. The molecule has 0 heterocycles. The van der Waals surface area contributed by atoms with Crippen molar-refractivity contribution in [2.24, 2.45) is 5.92 Å². The van der Waals surface area contributed by atoms with Crippen molar-refractivity contribution in [3.63, 3.8) is 0 Å². The molecular weight excluding hydrogens is 330 g/mol. The summed E-state index contributed by atoms with van der Waals surface area (Å²) in [6.07, 6.45) is -4.32. The summed E-state index contributed by atoms with van der Waals surface area (Å²) in [6.45, 7) is 3.92. The van der Waals surface area contributed by atoms with Gasteiger partial charge in [0, 0.05) is 22.1 Å². The lowest BCUT2D eigenvalue weighted by Crippen LogP contribution is -2.25. The van der Waals surface area contributed by atoms with Gasteiger partial charge in [-0.15, -0.1) is 11.6 Å². The normalized spacial score (nSPS) is 15.3. The molecule has 0 radical (unpaired) electrons. The minimum atomic E-state index is -4.32. The third-order valence-corrected chi connectivity index (χ3v) is 3.92. The summed E-state index contributed by atoms with van der Waals surface area (Å²) in [5.74, 6) is 0.715. The zero-order valence-electron chi connectivity index (χ0n) is 9.98. The van der Waals surface area contributed by atoms with E-state index < -0.39 is 11.7 Å². The summed E-state index contributed by atoms with van der Waals surface area (Å²) in [6, 6.07) is 3.63. The summed E-state index contributed by atoms with van der Waals surface area (Å²) >= 11 is 8.88. The van der Waals surface area contributed by atoms with E-state index in [4.69, 9.17) is 11.6 Å². The summed E-state index contributed by atoms with van der Waals surface area (Å²) in [7, 11) is 0. The minimum absolute atomic E-state index is 0.0792. The van der Waals surface area contributed by atoms with E-state index in [1.54, 1.807) is 0 Å².